The van der Waals surface area contributed by atoms with E-state index in [9.17, 15) is 4.79 Å². The Hall–Kier alpha value is -0.610. The van der Waals surface area contributed by atoms with Gasteiger partial charge in [-0.25, -0.2) is 0 Å². The molecule has 1 fully saturated rings. The second-order valence-electron chi connectivity index (χ2n) is 5.52. The third-order valence-electron chi connectivity index (χ3n) is 4.21. The van der Waals surface area contributed by atoms with E-state index in [4.69, 9.17) is 5.73 Å². The van der Waals surface area contributed by atoms with Crippen LogP contribution in [-0.4, -0.2) is 54.0 Å². The molecule has 100 valence electrons. The molecular formula is C13H27N3O. The molecular weight excluding hydrogens is 214 g/mol. The highest BCUT2D eigenvalue weighted by Crippen LogP contribution is 2.16. The third-order valence-corrected chi connectivity index (χ3v) is 4.21. The van der Waals surface area contributed by atoms with Gasteiger partial charge in [0, 0.05) is 25.2 Å². The molecule has 1 aliphatic heterocycles. The van der Waals surface area contributed by atoms with E-state index < -0.39 is 0 Å². The lowest BCUT2D eigenvalue weighted by molar-refractivity contribution is -0.137. The largest absolute Gasteiger partial charge is 0.338 e. The fourth-order valence-electron chi connectivity index (χ4n) is 2.29. The van der Waals surface area contributed by atoms with Crippen LogP contribution in [0.1, 0.15) is 34.1 Å². The van der Waals surface area contributed by atoms with Crippen molar-refractivity contribution in [3.05, 3.63) is 0 Å². The molecule has 0 spiro atoms. The number of hydrogen-bond acceptors (Lipinski definition) is 3. The van der Waals surface area contributed by atoms with Crippen LogP contribution in [0.15, 0.2) is 0 Å². The fourth-order valence-corrected chi connectivity index (χ4v) is 2.29. The van der Waals surface area contributed by atoms with E-state index in [1.165, 1.54) is 0 Å². The third kappa shape index (κ3) is 3.19. The van der Waals surface area contributed by atoms with Crippen molar-refractivity contribution >= 4 is 5.91 Å². The van der Waals surface area contributed by atoms with E-state index in [1.54, 1.807) is 0 Å². The normalized spacial score (nSPS) is 30.1. The number of piperazine rings is 1. The van der Waals surface area contributed by atoms with Gasteiger partial charge >= 0.3 is 0 Å². The molecule has 0 aromatic carbocycles. The van der Waals surface area contributed by atoms with E-state index in [-0.39, 0.29) is 17.9 Å². The Morgan fingerprint density at radius 2 is 1.82 bits per heavy atom. The van der Waals surface area contributed by atoms with Gasteiger partial charge in [0.15, 0.2) is 0 Å². The number of amides is 1. The predicted octanol–water partition coefficient (Wildman–Crippen LogP) is 0.911. The summed E-state index contributed by atoms with van der Waals surface area (Å²) < 4.78 is 0. The molecule has 2 N–H and O–H groups in total. The van der Waals surface area contributed by atoms with Crippen molar-refractivity contribution in [3.63, 3.8) is 0 Å². The van der Waals surface area contributed by atoms with Crippen molar-refractivity contribution in [2.75, 3.05) is 20.1 Å². The highest BCUT2D eigenvalue weighted by atomic mass is 16.2. The highest BCUT2D eigenvalue weighted by Gasteiger charge is 2.32. The van der Waals surface area contributed by atoms with Crippen LogP contribution in [-0.2, 0) is 4.79 Å². The van der Waals surface area contributed by atoms with Gasteiger partial charge in [0.1, 0.15) is 0 Å². The Kier molecular flexibility index (Phi) is 4.95. The van der Waals surface area contributed by atoms with Gasteiger partial charge in [-0.1, -0.05) is 20.3 Å². The minimum atomic E-state index is -0.345. The number of carbonyl (C=O) groups is 1. The molecule has 4 unspecified atom stereocenters. The van der Waals surface area contributed by atoms with Gasteiger partial charge < -0.3 is 10.6 Å². The molecule has 17 heavy (non-hydrogen) atoms. The summed E-state index contributed by atoms with van der Waals surface area (Å²) in [6, 6.07) is 0.474. The molecule has 1 heterocycles. The van der Waals surface area contributed by atoms with Crippen LogP contribution in [0.25, 0.3) is 0 Å². The van der Waals surface area contributed by atoms with E-state index in [2.05, 4.69) is 32.7 Å². The lowest BCUT2D eigenvalue weighted by atomic mass is 9.97. The van der Waals surface area contributed by atoms with Gasteiger partial charge in [0.2, 0.25) is 5.91 Å². The van der Waals surface area contributed by atoms with Crippen molar-refractivity contribution in [1.29, 1.82) is 0 Å². The quantitative estimate of drug-likeness (QED) is 0.799. The van der Waals surface area contributed by atoms with Crippen LogP contribution in [0, 0.1) is 5.92 Å². The Morgan fingerprint density at radius 3 is 2.24 bits per heavy atom. The van der Waals surface area contributed by atoms with Gasteiger partial charge in [0.25, 0.3) is 0 Å². The average Bonchev–Trinajstić information content (AvgIpc) is 2.32. The molecule has 1 rings (SSSR count). The summed E-state index contributed by atoms with van der Waals surface area (Å²) in [7, 11) is 2.12. The molecule has 0 bridgehead atoms. The molecule has 0 aromatic heterocycles. The summed E-state index contributed by atoms with van der Waals surface area (Å²) in [5.41, 5.74) is 6.02. The second-order valence-corrected chi connectivity index (χ2v) is 5.52. The number of nitrogens with two attached hydrogens (primary N) is 1. The molecule has 4 heteroatoms. The molecule has 4 nitrogen and oxygen atoms in total. The number of hydrogen-bond donors (Lipinski definition) is 1. The standard InChI is InChI=1S/C13H27N3O/c1-6-9(2)12(14)13(17)16-7-10(3)15(5)11(4)8-16/h9-12H,6-8,14H2,1-5H3. The highest BCUT2D eigenvalue weighted by molar-refractivity contribution is 5.82. The van der Waals surface area contributed by atoms with Gasteiger partial charge in [-0.3, -0.25) is 9.69 Å². The minimum absolute atomic E-state index is 0.117. The van der Waals surface area contributed by atoms with Crippen LogP contribution >= 0.6 is 0 Å². The molecule has 1 amide bonds. The van der Waals surface area contributed by atoms with Gasteiger partial charge in [0.05, 0.1) is 6.04 Å². The first-order valence-electron chi connectivity index (χ1n) is 6.64. The van der Waals surface area contributed by atoms with Crippen LogP contribution in [0.4, 0.5) is 0 Å². The van der Waals surface area contributed by atoms with Crippen molar-refractivity contribution in [2.24, 2.45) is 11.7 Å². The fraction of sp³-hybridized carbons (Fsp3) is 0.923. The van der Waals surface area contributed by atoms with E-state index in [0.29, 0.717) is 12.1 Å². The van der Waals surface area contributed by atoms with Gasteiger partial charge in [-0.2, -0.15) is 0 Å². The van der Waals surface area contributed by atoms with Crippen molar-refractivity contribution in [1.82, 2.24) is 9.80 Å². The smallest absolute Gasteiger partial charge is 0.239 e. The van der Waals surface area contributed by atoms with Gasteiger partial charge in [-0.15, -0.1) is 0 Å². The van der Waals surface area contributed by atoms with Crippen LogP contribution in [0.5, 0.6) is 0 Å². The molecule has 0 aromatic rings. The SMILES string of the molecule is CCC(C)C(N)C(=O)N1CC(C)N(C)C(C)C1. The lowest BCUT2D eigenvalue weighted by Gasteiger charge is -2.43. The zero-order valence-corrected chi connectivity index (χ0v) is 11.8. The van der Waals surface area contributed by atoms with Crippen LogP contribution in [0.2, 0.25) is 0 Å². The summed E-state index contributed by atoms with van der Waals surface area (Å²) in [6.45, 7) is 10.0. The average molecular weight is 241 g/mol. The summed E-state index contributed by atoms with van der Waals surface area (Å²) >= 11 is 0. The van der Waals surface area contributed by atoms with Crippen LogP contribution in [0.3, 0.4) is 0 Å². The Morgan fingerprint density at radius 1 is 1.35 bits per heavy atom. The summed E-state index contributed by atoms with van der Waals surface area (Å²) in [5.74, 6) is 0.374. The van der Waals surface area contributed by atoms with Crippen molar-refractivity contribution < 1.29 is 4.79 Å². The molecule has 0 saturated carbocycles. The van der Waals surface area contributed by atoms with E-state index in [0.717, 1.165) is 19.5 Å². The first kappa shape index (κ1) is 14.5. The first-order chi connectivity index (χ1) is 7.88. The monoisotopic (exact) mass is 241 g/mol. The number of nitrogens with zero attached hydrogens (tertiary/aromatic N) is 2. The summed E-state index contributed by atoms with van der Waals surface area (Å²) in [4.78, 5) is 16.5. The molecule has 4 atom stereocenters. The maximum Gasteiger partial charge on any atom is 0.239 e. The Balaban J connectivity index is 2.64. The lowest BCUT2D eigenvalue weighted by Crippen LogP contribution is -2.59. The number of rotatable bonds is 3. The first-order valence-corrected chi connectivity index (χ1v) is 6.64. The molecule has 1 saturated heterocycles. The Bertz CT molecular complexity index is 257. The van der Waals surface area contributed by atoms with Crippen LogP contribution < -0.4 is 5.73 Å². The predicted molar refractivity (Wildman–Crippen MR) is 70.7 cm³/mol. The van der Waals surface area contributed by atoms with Crippen molar-refractivity contribution in [2.45, 2.75) is 52.2 Å². The number of likely N-dealkylation sites (N-methyl/N-ethyl adjacent to an activating group) is 1. The van der Waals surface area contributed by atoms with E-state index in [1.807, 2.05) is 11.8 Å². The zero-order chi connectivity index (χ0) is 13.2. The second kappa shape index (κ2) is 5.83. The topological polar surface area (TPSA) is 49.6 Å². The minimum Gasteiger partial charge on any atom is -0.338 e. The van der Waals surface area contributed by atoms with E-state index >= 15 is 0 Å². The summed E-state index contributed by atoms with van der Waals surface area (Å²) in [5, 5.41) is 0. The molecule has 1 aliphatic rings. The summed E-state index contributed by atoms with van der Waals surface area (Å²) in [6.07, 6.45) is 0.950. The maximum atomic E-state index is 12.3. The number of carbonyl (C=O) groups excluding carboxylic acids is 1. The van der Waals surface area contributed by atoms with Gasteiger partial charge in [-0.05, 0) is 26.8 Å². The molecule has 0 radical (unpaired) electrons. The zero-order valence-electron chi connectivity index (χ0n) is 11.8. The molecule has 0 aliphatic carbocycles. The maximum absolute atomic E-state index is 12.3. The Labute approximate surface area is 105 Å². The van der Waals surface area contributed by atoms with Crippen molar-refractivity contribution in [3.8, 4) is 0 Å².